The van der Waals surface area contributed by atoms with Crippen molar-refractivity contribution in [2.75, 3.05) is 18.9 Å². The quantitative estimate of drug-likeness (QED) is 0.857. The summed E-state index contributed by atoms with van der Waals surface area (Å²) in [5.41, 5.74) is 2.88. The highest BCUT2D eigenvalue weighted by atomic mass is 16.1. The minimum atomic E-state index is -0.0167. The molecule has 1 aromatic rings. The maximum absolute atomic E-state index is 11.7. The number of nitrogens with one attached hydrogen (secondary N) is 2. The number of amides is 1. The predicted molar refractivity (Wildman–Crippen MR) is 75.0 cm³/mol. The molecule has 0 bridgehead atoms. The van der Waals surface area contributed by atoms with Gasteiger partial charge in [0.15, 0.2) is 0 Å². The van der Waals surface area contributed by atoms with Crippen LogP contribution in [0.4, 0.5) is 5.69 Å². The average Bonchev–Trinajstić information content (AvgIpc) is 2.90. The second-order valence-corrected chi connectivity index (χ2v) is 5.09. The summed E-state index contributed by atoms with van der Waals surface area (Å²) < 4.78 is 0. The zero-order valence-electron chi connectivity index (χ0n) is 11.3. The normalized spacial score (nSPS) is 15.7. The van der Waals surface area contributed by atoms with Crippen molar-refractivity contribution in [2.45, 2.75) is 32.6 Å². The Kier molecular flexibility index (Phi) is 4.24. The van der Waals surface area contributed by atoms with Crippen LogP contribution in [0.25, 0.3) is 0 Å². The van der Waals surface area contributed by atoms with E-state index in [1.54, 1.807) is 7.05 Å². The Labute approximate surface area is 109 Å². The van der Waals surface area contributed by atoms with Crippen molar-refractivity contribution in [1.29, 1.82) is 0 Å². The van der Waals surface area contributed by atoms with Gasteiger partial charge in [0.25, 0.3) is 5.91 Å². The van der Waals surface area contributed by atoms with Crippen LogP contribution in [0.2, 0.25) is 0 Å². The van der Waals surface area contributed by atoms with Gasteiger partial charge in [-0.15, -0.1) is 0 Å². The van der Waals surface area contributed by atoms with Crippen molar-refractivity contribution in [3.8, 4) is 0 Å². The molecular weight excluding hydrogens is 224 g/mol. The summed E-state index contributed by atoms with van der Waals surface area (Å²) in [6, 6.07) is 5.86. The lowest BCUT2D eigenvalue weighted by Crippen LogP contribution is -2.20. The van der Waals surface area contributed by atoms with Crippen LogP contribution in [0, 0.1) is 12.8 Å². The lowest BCUT2D eigenvalue weighted by atomic mass is 10.0. The van der Waals surface area contributed by atoms with E-state index in [1.165, 1.54) is 25.7 Å². The highest BCUT2D eigenvalue weighted by Gasteiger charge is 2.15. The Hall–Kier alpha value is -1.51. The third kappa shape index (κ3) is 2.84. The van der Waals surface area contributed by atoms with Crippen LogP contribution >= 0.6 is 0 Å². The summed E-state index contributed by atoms with van der Waals surface area (Å²) in [6.07, 6.45) is 5.40. The Bertz CT molecular complexity index is 423. The van der Waals surface area contributed by atoms with Crippen molar-refractivity contribution >= 4 is 11.6 Å². The van der Waals surface area contributed by atoms with Gasteiger partial charge in [-0.25, -0.2) is 0 Å². The van der Waals surface area contributed by atoms with Crippen LogP contribution in [-0.4, -0.2) is 19.5 Å². The molecule has 1 amide bonds. The Morgan fingerprint density at radius 3 is 2.72 bits per heavy atom. The monoisotopic (exact) mass is 246 g/mol. The molecule has 0 saturated heterocycles. The molecular formula is C15H22N2O. The number of hydrogen-bond acceptors (Lipinski definition) is 2. The lowest BCUT2D eigenvalue weighted by Gasteiger charge is -2.15. The average molecular weight is 246 g/mol. The fourth-order valence-electron chi connectivity index (χ4n) is 2.68. The molecule has 0 atom stereocenters. The van der Waals surface area contributed by atoms with Crippen LogP contribution in [0.5, 0.6) is 0 Å². The molecule has 3 heteroatoms. The molecule has 0 radical (unpaired) electrons. The number of rotatable bonds is 4. The van der Waals surface area contributed by atoms with Gasteiger partial charge >= 0.3 is 0 Å². The van der Waals surface area contributed by atoms with E-state index in [0.29, 0.717) is 0 Å². The van der Waals surface area contributed by atoms with Gasteiger partial charge in [0, 0.05) is 24.8 Å². The molecule has 2 rings (SSSR count). The first-order chi connectivity index (χ1) is 8.72. The number of anilines is 1. The highest BCUT2D eigenvalue weighted by Crippen LogP contribution is 2.26. The van der Waals surface area contributed by atoms with E-state index in [4.69, 9.17) is 0 Å². The van der Waals surface area contributed by atoms with Crippen LogP contribution < -0.4 is 10.6 Å². The summed E-state index contributed by atoms with van der Waals surface area (Å²) in [5.74, 6) is 0.782. The van der Waals surface area contributed by atoms with Crippen molar-refractivity contribution in [3.05, 3.63) is 29.3 Å². The van der Waals surface area contributed by atoms with E-state index in [9.17, 15) is 4.79 Å². The molecule has 0 heterocycles. The first-order valence-corrected chi connectivity index (χ1v) is 6.78. The SMILES string of the molecule is CNC(=O)c1cccc(NCC2CCCC2)c1C. The molecule has 1 fully saturated rings. The second-order valence-electron chi connectivity index (χ2n) is 5.09. The minimum absolute atomic E-state index is 0.0167. The maximum atomic E-state index is 11.7. The van der Waals surface area contributed by atoms with Crippen molar-refractivity contribution in [3.63, 3.8) is 0 Å². The third-order valence-electron chi connectivity index (χ3n) is 3.86. The number of carbonyl (C=O) groups is 1. The molecule has 1 aliphatic carbocycles. The van der Waals surface area contributed by atoms with Crippen LogP contribution in [0.15, 0.2) is 18.2 Å². The highest BCUT2D eigenvalue weighted by molar-refractivity contribution is 5.96. The van der Waals surface area contributed by atoms with Crippen LogP contribution in [-0.2, 0) is 0 Å². The molecule has 3 nitrogen and oxygen atoms in total. The fourth-order valence-corrected chi connectivity index (χ4v) is 2.68. The van der Waals surface area contributed by atoms with E-state index >= 15 is 0 Å². The Balaban J connectivity index is 2.05. The molecule has 0 aromatic heterocycles. The topological polar surface area (TPSA) is 41.1 Å². The lowest BCUT2D eigenvalue weighted by molar-refractivity contribution is 0.0962. The molecule has 0 spiro atoms. The first-order valence-electron chi connectivity index (χ1n) is 6.78. The van der Waals surface area contributed by atoms with E-state index in [0.717, 1.165) is 29.3 Å². The third-order valence-corrected chi connectivity index (χ3v) is 3.86. The zero-order valence-corrected chi connectivity index (χ0v) is 11.3. The van der Waals surface area contributed by atoms with E-state index in [-0.39, 0.29) is 5.91 Å². The second kappa shape index (κ2) is 5.89. The zero-order chi connectivity index (χ0) is 13.0. The van der Waals surface area contributed by atoms with Gasteiger partial charge in [-0.1, -0.05) is 18.9 Å². The largest absolute Gasteiger partial charge is 0.385 e. The molecule has 0 unspecified atom stereocenters. The number of hydrogen-bond donors (Lipinski definition) is 2. The summed E-state index contributed by atoms with van der Waals surface area (Å²) in [5, 5.41) is 6.17. The molecule has 2 N–H and O–H groups in total. The van der Waals surface area contributed by atoms with Gasteiger partial charge in [-0.3, -0.25) is 4.79 Å². The molecule has 0 aliphatic heterocycles. The standard InChI is InChI=1S/C15H22N2O/c1-11-13(15(18)16-2)8-5-9-14(11)17-10-12-6-3-4-7-12/h5,8-9,12,17H,3-4,6-7,10H2,1-2H3,(H,16,18). The van der Waals surface area contributed by atoms with Crippen LogP contribution in [0.3, 0.4) is 0 Å². The van der Waals surface area contributed by atoms with Crippen LogP contribution in [0.1, 0.15) is 41.6 Å². The number of carbonyl (C=O) groups excluding carboxylic acids is 1. The fraction of sp³-hybridized carbons (Fsp3) is 0.533. The van der Waals surface area contributed by atoms with E-state index in [1.807, 2.05) is 19.1 Å². The summed E-state index contributed by atoms with van der Waals surface area (Å²) in [6.45, 7) is 3.03. The smallest absolute Gasteiger partial charge is 0.251 e. The maximum Gasteiger partial charge on any atom is 0.251 e. The molecule has 1 aromatic carbocycles. The Morgan fingerprint density at radius 1 is 1.33 bits per heavy atom. The van der Waals surface area contributed by atoms with Crippen molar-refractivity contribution < 1.29 is 4.79 Å². The van der Waals surface area contributed by atoms with Gasteiger partial charge in [0.05, 0.1) is 0 Å². The van der Waals surface area contributed by atoms with E-state index < -0.39 is 0 Å². The minimum Gasteiger partial charge on any atom is -0.385 e. The molecule has 18 heavy (non-hydrogen) atoms. The van der Waals surface area contributed by atoms with Gasteiger partial charge in [-0.2, -0.15) is 0 Å². The summed E-state index contributed by atoms with van der Waals surface area (Å²) >= 11 is 0. The van der Waals surface area contributed by atoms with Gasteiger partial charge in [-0.05, 0) is 43.4 Å². The van der Waals surface area contributed by atoms with E-state index in [2.05, 4.69) is 16.7 Å². The summed E-state index contributed by atoms with van der Waals surface area (Å²) in [4.78, 5) is 11.7. The van der Waals surface area contributed by atoms with Gasteiger partial charge in [0.1, 0.15) is 0 Å². The summed E-state index contributed by atoms with van der Waals surface area (Å²) in [7, 11) is 1.67. The molecule has 1 saturated carbocycles. The molecule has 98 valence electrons. The Morgan fingerprint density at radius 2 is 2.06 bits per heavy atom. The van der Waals surface area contributed by atoms with Gasteiger partial charge < -0.3 is 10.6 Å². The predicted octanol–water partition coefficient (Wildman–Crippen LogP) is 2.96. The molecule has 1 aliphatic rings. The van der Waals surface area contributed by atoms with Crippen molar-refractivity contribution in [1.82, 2.24) is 5.32 Å². The van der Waals surface area contributed by atoms with Crippen molar-refractivity contribution in [2.24, 2.45) is 5.92 Å². The first kappa shape index (κ1) is 12.9. The number of benzene rings is 1. The van der Waals surface area contributed by atoms with Gasteiger partial charge in [0.2, 0.25) is 0 Å².